The summed E-state index contributed by atoms with van der Waals surface area (Å²) in [7, 11) is 2.10. The van der Waals surface area contributed by atoms with E-state index in [1.807, 2.05) is 12.4 Å². The Morgan fingerprint density at radius 1 is 1.08 bits per heavy atom. The maximum atomic E-state index is 13.5. The third-order valence-corrected chi connectivity index (χ3v) is 4.67. The van der Waals surface area contributed by atoms with Crippen molar-refractivity contribution in [2.75, 3.05) is 13.6 Å². The Bertz CT molecular complexity index is 901. The van der Waals surface area contributed by atoms with Gasteiger partial charge in [0, 0.05) is 43.5 Å². The molecule has 26 heavy (non-hydrogen) atoms. The van der Waals surface area contributed by atoms with Crippen LogP contribution >= 0.6 is 0 Å². The molecule has 4 rings (SSSR count). The normalized spacial score (nSPS) is 17.4. The lowest BCUT2D eigenvalue weighted by Crippen LogP contribution is -2.18. The van der Waals surface area contributed by atoms with Gasteiger partial charge in [0.05, 0.1) is 0 Å². The Morgan fingerprint density at radius 2 is 1.92 bits per heavy atom. The number of rotatable bonds is 3. The number of hydrogen-bond donors (Lipinski definition) is 0. The number of hydrogen-bond acceptors (Lipinski definition) is 4. The average molecular weight is 349 g/mol. The van der Waals surface area contributed by atoms with E-state index in [4.69, 9.17) is 4.74 Å². The van der Waals surface area contributed by atoms with Crippen LogP contribution in [-0.4, -0.2) is 28.5 Å². The summed E-state index contributed by atoms with van der Waals surface area (Å²) in [6, 6.07) is 12.7. The number of fused-ring (bicyclic) bond motifs is 1. The van der Waals surface area contributed by atoms with E-state index in [0.717, 1.165) is 36.2 Å². The lowest BCUT2D eigenvalue weighted by Gasteiger charge is -2.20. The van der Waals surface area contributed by atoms with Crippen LogP contribution < -0.4 is 4.74 Å². The van der Waals surface area contributed by atoms with E-state index in [-0.39, 0.29) is 11.9 Å². The highest BCUT2D eigenvalue weighted by atomic mass is 19.1. The molecule has 0 spiro atoms. The van der Waals surface area contributed by atoms with Crippen molar-refractivity contribution in [2.24, 2.45) is 0 Å². The molecule has 0 amide bonds. The van der Waals surface area contributed by atoms with Crippen LogP contribution in [-0.2, 0) is 6.54 Å². The molecule has 2 aromatic carbocycles. The Hall–Kier alpha value is -2.79. The van der Waals surface area contributed by atoms with E-state index >= 15 is 0 Å². The highest BCUT2D eigenvalue weighted by molar-refractivity contribution is 5.63. The van der Waals surface area contributed by atoms with Crippen LogP contribution in [0.3, 0.4) is 0 Å². The van der Waals surface area contributed by atoms with Crippen LogP contribution in [0.25, 0.3) is 11.1 Å². The summed E-state index contributed by atoms with van der Waals surface area (Å²) in [6.07, 6.45) is 5.92. The van der Waals surface area contributed by atoms with Crippen molar-refractivity contribution in [2.45, 2.75) is 19.1 Å². The zero-order chi connectivity index (χ0) is 17.9. The first-order chi connectivity index (χ1) is 12.7. The lowest BCUT2D eigenvalue weighted by atomic mass is 9.97. The van der Waals surface area contributed by atoms with Gasteiger partial charge in [-0.25, -0.2) is 14.4 Å². The molecule has 0 aliphatic carbocycles. The lowest BCUT2D eigenvalue weighted by molar-refractivity contribution is 0.182. The average Bonchev–Trinajstić information content (AvgIpc) is 2.81. The maximum absolute atomic E-state index is 13.5. The van der Waals surface area contributed by atoms with Crippen molar-refractivity contribution in [3.05, 3.63) is 78.1 Å². The Balaban J connectivity index is 1.69. The SMILES string of the molecule is CN1CCC(Oc2cccc(F)c2)c2ccc(-c3cncnc3)cc2C1. The molecule has 0 saturated heterocycles. The molecular formula is C21H20FN3O. The van der Waals surface area contributed by atoms with Gasteiger partial charge < -0.3 is 9.64 Å². The van der Waals surface area contributed by atoms with Gasteiger partial charge in [0.25, 0.3) is 0 Å². The van der Waals surface area contributed by atoms with Gasteiger partial charge in [0.15, 0.2) is 0 Å². The van der Waals surface area contributed by atoms with Crippen molar-refractivity contribution in [1.29, 1.82) is 0 Å². The molecule has 0 saturated carbocycles. The topological polar surface area (TPSA) is 38.2 Å². The number of benzene rings is 2. The maximum Gasteiger partial charge on any atom is 0.126 e. The fraction of sp³-hybridized carbons (Fsp3) is 0.238. The van der Waals surface area contributed by atoms with E-state index in [1.165, 1.54) is 24.0 Å². The molecule has 1 aromatic heterocycles. The van der Waals surface area contributed by atoms with Crippen LogP contribution in [0.15, 0.2) is 61.2 Å². The third kappa shape index (κ3) is 3.58. The van der Waals surface area contributed by atoms with E-state index in [2.05, 4.69) is 40.1 Å². The zero-order valence-electron chi connectivity index (χ0n) is 14.6. The minimum absolute atomic E-state index is 0.0992. The van der Waals surface area contributed by atoms with Crippen molar-refractivity contribution >= 4 is 0 Å². The molecule has 2 heterocycles. The van der Waals surface area contributed by atoms with Gasteiger partial charge in [-0.1, -0.05) is 18.2 Å². The molecule has 1 aliphatic heterocycles. The van der Waals surface area contributed by atoms with Gasteiger partial charge in [0.1, 0.15) is 24.0 Å². The predicted molar refractivity (Wildman–Crippen MR) is 98.2 cm³/mol. The molecule has 0 radical (unpaired) electrons. The van der Waals surface area contributed by atoms with Crippen LogP contribution in [0.2, 0.25) is 0 Å². The van der Waals surface area contributed by atoms with Gasteiger partial charge in [-0.05, 0) is 41.9 Å². The number of halogens is 1. The fourth-order valence-electron chi connectivity index (χ4n) is 3.37. The predicted octanol–water partition coefficient (Wildman–Crippen LogP) is 4.24. The number of ether oxygens (including phenoxy) is 1. The quantitative estimate of drug-likeness (QED) is 0.709. The first-order valence-electron chi connectivity index (χ1n) is 8.68. The second kappa shape index (κ2) is 7.22. The van der Waals surface area contributed by atoms with E-state index in [0.29, 0.717) is 5.75 Å². The Kier molecular flexibility index (Phi) is 4.63. The van der Waals surface area contributed by atoms with Gasteiger partial charge in [-0.15, -0.1) is 0 Å². The monoisotopic (exact) mass is 349 g/mol. The molecule has 1 aliphatic rings. The van der Waals surface area contributed by atoms with E-state index in [1.54, 1.807) is 12.1 Å². The highest BCUT2D eigenvalue weighted by Gasteiger charge is 2.23. The van der Waals surface area contributed by atoms with Crippen LogP contribution in [0.5, 0.6) is 5.75 Å². The van der Waals surface area contributed by atoms with Gasteiger partial charge in [0.2, 0.25) is 0 Å². The van der Waals surface area contributed by atoms with Gasteiger partial charge in [-0.2, -0.15) is 0 Å². The molecule has 0 bridgehead atoms. The van der Waals surface area contributed by atoms with Gasteiger partial charge >= 0.3 is 0 Å². The summed E-state index contributed by atoms with van der Waals surface area (Å²) < 4.78 is 19.6. The van der Waals surface area contributed by atoms with Gasteiger partial charge in [-0.3, -0.25) is 0 Å². The third-order valence-electron chi connectivity index (χ3n) is 4.67. The molecule has 3 aromatic rings. The number of aromatic nitrogens is 2. The first-order valence-corrected chi connectivity index (χ1v) is 8.68. The summed E-state index contributed by atoms with van der Waals surface area (Å²) in [6.45, 7) is 1.76. The van der Waals surface area contributed by atoms with Crippen molar-refractivity contribution < 1.29 is 9.13 Å². The summed E-state index contributed by atoms with van der Waals surface area (Å²) in [5.74, 6) is 0.277. The van der Waals surface area contributed by atoms with Crippen molar-refractivity contribution in [1.82, 2.24) is 14.9 Å². The molecule has 132 valence electrons. The number of nitrogens with zero attached hydrogens (tertiary/aromatic N) is 3. The van der Waals surface area contributed by atoms with E-state index in [9.17, 15) is 4.39 Å². The molecule has 5 heteroatoms. The largest absolute Gasteiger partial charge is 0.486 e. The fourth-order valence-corrected chi connectivity index (χ4v) is 3.37. The second-order valence-electron chi connectivity index (χ2n) is 6.63. The summed E-state index contributed by atoms with van der Waals surface area (Å²) in [5.41, 5.74) is 4.45. The summed E-state index contributed by atoms with van der Waals surface area (Å²) in [5, 5.41) is 0. The van der Waals surface area contributed by atoms with Crippen molar-refractivity contribution in [3.63, 3.8) is 0 Å². The van der Waals surface area contributed by atoms with Crippen LogP contribution in [0, 0.1) is 5.82 Å². The Morgan fingerprint density at radius 3 is 2.73 bits per heavy atom. The molecule has 4 nitrogen and oxygen atoms in total. The molecular weight excluding hydrogens is 329 g/mol. The summed E-state index contributed by atoms with van der Waals surface area (Å²) in [4.78, 5) is 10.5. The summed E-state index contributed by atoms with van der Waals surface area (Å²) >= 11 is 0. The standard InChI is InChI=1S/C21H20FN3O/c1-25-8-7-21(26-19-4-2-3-18(22)10-19)20-6-5-15(9-16(20)13-25)17-11-23-14-24-12-17/h2-6,9-12,14,21H,7-8,13H2,1H3. The highest BCUT2D eigenvalue weighted by Crippen LogP contribution is 2.33. The smallest absolute Gasteiger partial charge is 0.126 e. The molecule has 1 atom stereocenters. The first kappa shape index (κ1) is 16.7. The van der Waals surface area contributed by atoms with Crippen LogP contribution in [0.1, 0.15) is 23.7 Å². The molecule has 1 unspecified atom stereocenters. The van der Waals surface area contributed by atoms with E-state index < -0.39 is 0 Å². The zero-order valence-corrected chi connectivity index (χ0v) is 14.6. The Labute approximate surface area is 152 Å². The minimum atomic E-state index is -0.284. The molecule has 0 fully saturated rings. The van der Waals surface area contributed by atoms with Crippen molar-refractivity contribution in [3.8, 4) is 16.9 Å². The second-order valence-corrected chi connectivity index (χ2v) is 6.63. The minimum Gasteiger partial charge on any atom is -0.486 e. The van der Waals surface area contributed by atoms with Crippen LogP contribution in [0.4, 0.5) is 4.39 Å². The molecule has 0 N–H and O–H groups in total.